The third-order valence-corrected chi connectivity index (χ3v) is 4.22. The topological polar surface area (TPSA) is 40.5 Å². The van der Waals surface area contributed by atoms with Crippen LogP contribution >= 0.6 is 11.8 Å². The molecule has 0 aromatic carbocycles. The van der Waals surface area contributed by atoms with Crippen LogP contribution in [0.3, 0.4) is 0 Å². The van der Waals surface area contributed by atoms with E-state index in [0.717, 1.165) is 50.3 Å². The lowest BCUT2D eigenvalue weighted by Crippen LogP contribution is -2.43. The van der Waals surface area contributed by atoms with Crippen LogP contribution in [-0.2, 0) is 4.79 Å². The van der Waals surface area contributed by atoms with Crippen LogP contribution in [0.1, 0.15) is 46.0 Å². The van der Waals surface area contributed by atoms with Crippen molar-refractivity contribution in [1.29, 1.82) is 0 Å². The zero-order valence-electron chi connectivity index (χ0n) is 11.1. The number of aliphatic hydroxyl groups is 1. The fraction of sp³-hybridized carbons (Fsp3) is 0.923. The minimum Gasteiger partial charge on any atom is -0.389 e. The van der Waals surface area contributed by atoms with Gasteiger partial charge < -0.3 is 10.0 Å². The molecule has 17 heavy (non-hydrogen) atoms. The summed E-state index contributed by atoms with van der Waals surface area (Å²) in [5, 5.41) is 10.5. The van der Waals surface area contributed by atoms with Crippen LogP contribution in [0.5, 0.6) is 0 Å². The number of hydrogen-bond acceptors (Lipinski definition) is 3. The molecule has 3 nitrogen and oxygen atoms in total. The molecule has 0 aromatic heterocycles. The Morgan fingerprint density at radius 3 is 2.24 bits per heavy atom. The molecule has 0 spiro atoms. The molecular weight excluding hydrogens is 234 g/mol. The zero-order valence-corrected chi connectivity index (χ0v) is 11.9. The molecule has 0 atom stereocenters. The highest BCUT2D eigenvalue weighted by Crippen LogP contribution is 2.25. The molecule has 0 aromatic rings. The summed E-state index contributed by atoms with van der Waals surface area (Å²) >= 11 is 1.90. The average molecular weight is 259 g/mol. The zero-order chi connectivity index (χ0) is 12.7. The lowest BCUT2D eigenvalue weighted by atomic mass is 9.89. The van der Waals surface area contributed by atoms with Crippen LogP contribution in [0.15, 0.2) is 0 Å². The third kappa shape index (κ3) is 4.88. The van der Waals surface area contributed by atoms with E-state index in [2.05, 4.69) is 13.8 Å². The molecule has 0 bridgehead atoms. The number of amides is 1. The third-order valence-electron chi connectivity index (χ3n) is 3.27. The maximum absolute atomic E-state index is 12.1. The molecular formula is C13H25NO2S. The van der Waals surface area contributed by atoms with Crippen molar-refractivity contribution in [3.05, 3.63) is 0 Å². The second kappa shape index (κ2) is 7.27. The summed E-state index contributed by atoms with van der Waals surface area (Å²) in [5.41, 5.74) is -0.773. The summed E-state index contributed by atoms with van der Waals surface area (Å²) in [6.07, 6.45) is 3.63. The monoisotopic (exact) mass is 259 g/mol. The summed E-state index contributed by atoms with van der Waals surface area (Å²) in [4.78, 5) is 14.0. The number of hydrogen-bond donors (Lipinski definition) is 1. The average Bonchev–Trinajstić information content (AvgIpc) is 2.30. The fourth-order valence-corrected chi connectivity index (χ4v) is 3.34. The fourth-order valence-electron chi connectivity index (χ4n) is 2.44. The molecule has 1 heterocycles. The standard InChI is InChI=1S/C13H25NO2S/c1-3-5-13(16,6-4-2)11-12(15)14-7-9-17-10-8-14/h16H,3-11H2,1-2H3. The first-order valence-corrected chi connectivity index (χ1v) is 7.84. The van der Waals surface area contributed by atoms with Crippen molar-refractivity contribution in [2.24, 2.45) is 0 Å². The Hall–Kier alpha value is -0.220. The Bertz CT molecular complexity index is 234. The second-order valence-corrected chi connectivity index (χ2v) is 6.12. The predicted molar refractivity (Wildman–Crippen MR) is 73.3 cm³/mol. The second-order valence-electron chi connectivity index (χ2n) is 4.89. The highest BCUT2D eigenvalue weighted by molar-refractivity contribution is 7.99. The van der Waals surface area contributed by atoms with Gasteiger partial charge in [-0.3, -0.25) is 4.79 Å². The summed E-state index contributed by atoms with van der Waals surface area (Å²) in [6.45, 7) is 5.81. The molecule has 0 saturated carbocycles. The van der Waals surface area contributed by atoms with E-state index in [1.165, 1.54) is 0 Å². The molecule has 1 aliphatic rings. The SMILES string of the molecule is CCCC(O)(CCC)CC(=O)N1CCSCC1. The minimum atomic E-state index is -0.773. The van der Waals surface area contributed by atoms with Gasteiger partial charge in [0.05, 0.1) is 12.0 Å². The number of rotatable bonds is 6. The van der Waals surface area contributed by atoms with Crippen LogP contribution in [-0.4, -0.2) is 46.1 Å². The predicted octanol–water partition coefficient (Wildman–Crippen LogP) is 2.28. The van der Waals surface area contributed by atoms with E-state index in [4.69, 9.17) is 0 Å². The van der Waals surface area contributed by atoms with Gasteiger partial charge >= 0.3 is 0 Å². The first-order valence-electron chi connectivity index (χ1n) is 6.69. The first kappa shape index (κ1) is 14.8. The Morgan fingerprint density at radius 2 is 1.76 bits per heavy atom. The molecule has 1 aliphatic heterocycles. The number of nitrogens with zero attached hydrogens (tertiary/aromatic N) is 1. The lowest BCUT2D eigenvalue weighted by molar-refractivity contribution is -0.136. The summed E-state index contributed by atoms with van der Waals surface area (Å²) in [7, 11) is 0. The van der Waals surface area contributed by atoms with Crippen molar-refractivity contribution in [3.8, 4) is 0 Å². The van der Waals surface area contributed by atoms with E-state index in [1.807, 2.05) is 16.7 Å². The molecule has 1 N–H and O–H groups in total. The van der Waals surface area contributed by atoms with Crippen molar-refractivity contribution >= 4 is 17.7 Å². The van der Waals surface area contributed by atoms with Crippen molar-refractivity contribution in [3.63, 3.8) is 0 Å². The Balaban J connectivity index is 2.50. The van der Waals surface area contributed by atoms with Gasteiger partial charge in [-0.05, 0) is 12.8 Å². The highest BCUT2D eigenvalue weighted by atomic mass is 32.2. The van der Waals surface area contributed by atoms with Gasteiger partial charge in [0.25, 0.3) is 0 Å². The van der Waals surface area contributed by atoms with Gasteiger partial charge in [0.1, 0.15) is 0 Å². The normalized spacial score (nSPS) is 17.2. The lowest BCUT2D eigenvalue weighted by Gasteiger charge is -2.32. The van der Waals surface area contributed by atoms with Crippen LogP contribution in [0, 0.1) is 0 Å². The van der Waals surface area contributed by atoms with E-state index >= 15 is 0 Å². The van der Waals surface area contributed by atoms with Gasteiger partial charge in [0, 0.05) is 24.6 Å². The van der Waals surface area contributed by atoms with Crippen molar-refractivity contribution in [2.75, 3.05) is 24.6 Å². The van der Waals surface area contributed by atoms with Crippen LogP contribution in [0.25, 0.3) is 0 Å². The van der Waals surface area contributed by atoms with E-state index in [9.17, 15) is 9.90 Å². The van der Waals surface area contributed by atoms with E-state index < -0.39 is 5.60 Å². The van der Waals surface area contributed by atoms with Gasteiger partial charge in [-0.15, -0.1) is 0 Å². The molecule has 4 heteroatoms. The number of carbonyl (C=O) groups excluding carboxylic acids is 1. The summed E-state index contributed by atoms with van der Waals surface area (Å²) in [5.74, 6) is 2.20. The quantitative estimate of drug-likeness (QED) is 0.795. The van der Waals surface area contributed by atoms with Crippen LogP contribution < -0.4 is 0 Å². The highest BCUT2D eigenvalue weighted by Gasteiger charge is 2.30. The summed E-state index contributed by atoms with van der Waals surface area (Å²) in [6, 6.07) is 0. The first-order chi connectivity index (χ1) is 8.11. The molecule has 0 radical (unpaired) electrons. The van der Waals surface area contributed by atoms with E-state index in [0.29, 0.717) is 6.42 Å². The van der Waals surface area contributed by atoms with Crippen molar-refractivity contribution in [2.45, 2.75) is 51.6 Å². The maximum atomic E-state index is 12.1. The van der Waals surface area contributed by atoms with Crippen molar-refractivity contribution in [1.82, 2.24) is 4.90 Å². The molecule has 1 fully saturated rings. The molecule has 0 unspecified atom stereocenters. The van der Waals surface area contributed by atoms with Gasteiger partial charge in [-0.1, -0.05) is 26.7 Å². The summed E-state index contributed by atoms with van der Waals surface area (Å²) < 4.78 is 0. The molecule has 1 amide bonds. The smallest absolute Gasteiger partial charge is 0.225 e. The minimum absolute atomic E-state index is 0.134. The number of thioether (sulfide) groups is 1. The number of carbonyl (C=O) groups is 1. The maximum Gasteiger partial charge on any atom is 0.225 e. The van der Waals surface area contributed by atoms with Crippen LogP contribution in [0.4, 0.5) is 0 Å². The van der Waals surface area contributed by atoms with E-state index in [-0.39, 0.29) is 5.91 Å². The molecule has 1 saturated heterocycles. The van der Waals surface area contributed by atoms with Gasteiger partial charge in [-0.2, -0.15) is 11.8 Å². The van der Waals surface area contributed by atoms with Gasteiger partial charge in [0.2, 0.25) is 5.91 Å². The van der Waals surface area contributed by atoms with Crippen LogP contribution in [0.2, 0.25) is 0 Å². The Labute approximate surface area is 109 Å². The molecule has 1 rings (SSSR count). The molecule has 0 aliphatic carbocycles. The van der Waals surface area contributed by atoms with Gasteiger partial charge in [-0.25, -0.2) is 0 Å². The van der Waals surface area contributed by atoms with Crippen molar-refractivity contribution < 1.29 is 9.90 Å². The molecule has 100 valence electrons. The Kier molecular flexibility index (Phi) is 6.34. The van der Waals surface area contributed by atoms with E-state index in [1.54, 1.807) is 0 Å². The van der Waals surface area contributed by atoms with Gasteiger partial charge in [0.15, 0.2) is 0 Å². The largest absolute Gasteiger partial charge is 0.389 e. The Morgan fingerprint density at radius 1 is 1.24 bits per heavy atom.